The minimum Gasteiger partial charge on any atom is -0.385 e. The summed E-state index contributed by atoms with van der Waals surface area (Å²) in [5.41, 5.74) is 5.40. The Labute approximate surface area is 45.4 Å². The molecule has 0 radical (unpaired) electrons. The van der Waals surface area contributed by atoms with Crippen molar-refractivity contribution in [1.82, 2.24) is 0 Å². The summed E-state index contributed by atoms with van der Waals surface area (Å²) >= 11 is 0. The first-order chi connectivity index (χ1) is 3.27. The van der Waals surface area contributed by atoms with Crippen molar-refractivity contribution < 1.29 is 4.74 Å². The van der Waals surface area contributed by atoms with Crippen molar-refractivity contribution in [3.05, 3.63) is 0 Å². The van der Waals surface area contributed by atoms with Crippen LogP contribution in [0.1, 0.15) is 6.42 Å². The van der Waals surface area contributed by atoms with Crippen molar-refractivity contribution >= 4 is 7.85 Å². The number of ether oxygens (including phenoxy) is 1. The molecule has 2 nitrogen and oxygen atoms in total. The maximum atomic E-state index is 5.40. The molecule has 2 N–H and O–H groups in total. The Morgan fingerprint density at radius 3 is 2.57 bits per heavy atom. The van der Waals surface area contributed by atoms with E-state index in [0.717, 1.165) is 13.0 Å². The van der Waals surface area contributed by atoms with E-state index >= 15 is 0 Å². The van der Waals surface area contributed by atoms with Gasteiger partial charge in [0, 0.05) is 13.7 Å². The van der Waals surface area contributed by atoms with Crippen LogP contribution in [0.3, 0.4) is 0 Å². The van der Waals surface area contributed by atoms with Crippen LogP contribution in [0.2, 0.25) is 0 Å². The predicted molar refractivity (Wildman–Crippen MR) is 33.0 cm³/mol. The number of rotatable bonds is 3. The molecule has 7 heavy (non-hydrogen) atoms. The van der Waals surface area contributed by atoms with E-state index in [1.165, 1.54) is 0 Å². The standard InChI is InChI=1S/C4H12BNO/c1-7-3-2-4(5)6/h4H,2-3,5-6H2,1H3. The molecule has 0 aromatic carbocycles. The first-order valence-corrected chi connectivity index (χ1v) is 2.52. The Balaban J connectivity index is 2.68. The van der Waals surface area contributed by atoms with Crippen LogP contribution >= 0.6 is 0 Å². The summed E-state index contributed by atoms with van der Waals surface area (Å²) in [5.74, 6) is 0.278. The molecule has 3 heteroatoms. The van der Waals surface area contributed by atoms with Crippen molar-refractivity contribution in [2.75, 3.05) is 13.7 Å². The second kappa shape index (κ2) is 4.15. The first-order valence-electron chi connectivity index (χ1n) is 2.52. The van der Waals surface area contributed by atoms with E-state index in [4.69, 9.17) is 10.5 Å². The van der Waals surface area contributed by atoms with Crippen LogP contribution in [0, 0.1) is 0 Å². The lowest BCUT2D eigenvalue weighted by Gasteiger charge is -2.00. The Morgan fingerprint density at radius 1 is 1.86 bits per heavy atom. The zero-order chi connectivity index (χ0) is 5.70. The average Bonchev–Trinajstić information content (AvgIpc) is 1.61. The van der Waals surface area contributed by atoms with Gasteiger partial charge >= 0.3 is 0 Å². The van der Waals surface area contributed by atoms with Gasteiger partial charge in [-0.15, -0.1) is 0 Å². The van der Waals surface area contributed by atoms with Crippen LogP contribution in [0.15, 0.2) is 0 Å². The lowest BCUT2D eigenvalue weighted by Crippen LogP contribution is -2.21. The Kier molecular flexibility index (Phi) is 4.14. The fourth-order valence-corrected chi connectivity index (χ4v) is 0.304. The molecule has 0 fully saturated rings. The van der Waals surface area contributed by atoms with E-state index in [1.807, 2.05) is 7.85 Å². The lowest BCUT2D eigenvalue weighted by molar-refractivity contribution is 0.194. The van der Waals surface area contributed by atoms with Crippen molar-refractivity contribution in [2.24, 2.45) is 5.73 Å². The van der Waals surface area contributed by atoms with Crippen molar-refractivity contribution in [2.45, 2.75) is 12.4 Å². The summed E-state index contributed by atoms with van der Waals surface area (Å²) in [6, 6.07) is 0. The summed E-state index contributed by atoms with van der Waals surface area (Å²) in [6.45, 7) is 0.775. The van der Waals surface area contributed by atoms with Gasteiger partial charge in [-0.3, -0.25) is 0 Å². The van der Waals surface area contributed by atoms with E-state index in [0.29, 0.717) is 0 Å². The van der Waals surface area contributed by atoms with Gasteiger partial charge in [0.2, 0.25) is 0 Å². The lowest BCUT2D eigenvalue weighted by atomic mass is 9.95. The van der Waals surface area contributed by atoms with Crippen LogP contribution in [0.5, 0.6) is 0 Å². The summed E-state index contributed by atoms with van der Waals surface area (Å²) in [7, 11) is 3.65. The molecule has 0 aliphatic rings. The zero-order valence-corrected chi connectivity index (χ0v) is 4.98. The molecule has 42 valence electrons. The minimum absolute atomic E-state index is 0.278. The molecular weight excluding hydrogens is 88.9 g/mol. The van der Waals surface area contributed by atoms with Crippen molar-refractivity contribution in [3.63, 3.8) is 0 Å². The van der Waals surface area contributed by atoms with E-state index in [1.54, 1.807) is 7.11 Å². The van der Waals surface area contributed by atoms with E-state index in [2.05, 4.69) is 0 Å². The summed E-state index contributed by atoms with van der Waals surface area (Å²) < 4.78 is 4.77. The topological polar surface area (TPSA) is 35.2 Å². The smallest absolute Gasteiger partial charge is 0.123 e. The Bertz CT molecular complexity index is 40.7. The molecule has 0 saturated carbocycles. The average molecular weight is 101 g/mol. The number of hydrogen-bond donors (Lipinski definition) is 1. The highest BCUT2D eigenvalue weighted by Gasteiger charge is 1.89. The molecule has 0 aliphatic heterocycles. The number of methoxy groups -OCH3 is 1. The third kappa shape index (κ3) is 5.98. The van der Waals surface area contributed by atoms with Crippen LogP contribution in [0.25, 0.3) is 0 Å². The normalized spacial score (nSPS) is 14.0. The molecule has 0 spiro atoms. The quantitative estimate of drug-likeness (QED) is 0.460. The van der Waals surface area contributed by atoms with Gasteiger partial charge in [0.05, 0.1) is 0 Å². The summed E-state index contributed by atoms with van der Waals surface area (Å²) in [5, 5.41) is 0. The highest BCUT2D eigenvalue weighted by molar-refractivity contribution is 6.11. The third-order valence-corrected chi connectivity index (χ3v) is 0.777. The van der Waals surface area contributed by atoms with Crippen molar-refractivity contribution in [3.8, 4) is 0 Å². The van der Waals surface area contributed by atoms with E-state index in [9.17, 15) is 0 Å². The molecule has 1 unspecified atom stereocenters. The number of nitrogens with two attached hydrogens (primary N) is 1. The van der Waals surface area contributed by atoms with Gasteiger partial charge in [-0.2, -0.15) is 0 Å². The van der Waals surface area contributed by atoms with E-state index in [-0.39, 0.29) is 5.94 Å². The van der Waals surface area contributed by atoms with Gasteiger partial charge in [0.25, 0.3) is 0 Å². The minimum atomic E-state index is 0.278. The van der Waals surface area contributed by atoms with Crippen LogP contribution in [0.4, 0.5) is 0 Å². The van der Waals surface area contributed by atoms with Gasteiger partial charge in [0.15, 0.2) is 0 Å². The maximum Gasteiger partial charge on any atom is 0.123 e. The molecular formula is C4H12BNO. The van der Waals surface area contributed by atoms with Gasteiger partial charge in [0.1, 0.15) is 7.85 Å². The van der Waals surface area contributed by atoms with Gasteiger partial charge in [-0.25, -0.2) is 0 Å². The van der Waals surface area contributed by atoms with Crippen LogP contribution in [-0.2, 0) is 4.74 Å². The van der Waals surface area contributed by atoms with Crippen molar-refractivity contribution in [1.29, 1.82) is 0 Å². The Hall–Kier alpha value is -0.0151. The second-order valence-electron chi connectivity index (χ2n) is 1.76. The number of hydrogen-bond acceptors (Lipinski definition) is 2. The van der Waals surface area contributed by atoms with Crippen LogP contribution < -0.4 is 5.73 Å². The fraction of sp³-hybridized carbons (Fsp3) is 1.00. The molecule has 0 aromatic heterocycles. The summed E-state index contributed by atoms with van der Waals surface area (Å²) in [4.78, 5) is 0. The predicted octanol–water partition coefficient (Wildman–Crippen LogP) is -1.06. The third-order valence-electron chi connectivity index (χ3n) is 0.777. The highest BCUT2D eigenvalue weighted by Crippen LogP contribution is 1.79. The molecule has 0 aliphatic carbocycles. The highest BCUT2D eigenvalue weighted by atomic mass is 16.5. The van der Waals surface area contributed by atoms with E-state index < -0.39 is 0 Å². The molecule has 0 rings (SSSR count). The summed E-state index contributed by atoms with van der Waals surface area (Å²) in [6.07, 6.45) is 0.955. The zero-order valence-electron chi connectivity index (χ0n) is 4.98. The van der Waals surface area contributed by atoms with Gasteiger partial charge in [-0.05, 0) is 12.4 Å². The van der Waals surface area contributed by atoms with Crippen LogP contribution in [-0.4, -0.2) is 27.5 Å². The Morgan fingerprint density at radius 2 is 2.43 bits per heavy atom. The van der Waals surface area contributed by atoms with Gasteiger partial charge < -0.3 is 10.5 Å². The first kappa shape index (κ1) is 6.98. The second-order valence-corrected chi connectivity index (χ2v) is 1.76. The van der Waals surface area contributed by atoms with Gasteiger partial charge in [-0.1, -0.05) is 0 Å². The fourth-order valence-electron chi connectivity index (χ4n) is 0.304. The molecule has 0 aromatic rings. The molecule has 0 amide bonds. The molecule has 0 heterocycles. The SMILES string of the molecule is BC(N)CCOC. The monoisotopic (exact) mass is 101 g/mol. The molecule has 0 saturated heterocycles. The molecule has 0 bridgehead atoms. The largest absolute Gasteiger partial charge is 0.385 e. The maximum absolute atomic E-state index is 5.40. The molecule has 1 atom stereocenters.